The van der Waals surface area contributed by atoms with Crippen LogP contribution in [0.5, 0.6) is 0 Å². The lowest BCUT2D eigenvalue weighted by atomic mass is 9.91. The fraction of sp³-hybridized carbons (Fsp3) is 0.300. The first-order chi connectivity index (χ1) is 6.86. The Kier molecular flexibility index (Phi) is 0.800. The number of ketones is 1. The molecule has 11 heavy (non-hydrogen) atoms. The van der Waals surface area contributed by atoms with Crippen LogP contribution < -0.4 is 0 Å². The Morgan fingerprint density at radius 2 is 2.00 bits per heavy atom. The normalized spacial score (nSPS) is 30.7. The minimum Gasteiger partial charge on any atom is -0.299 e. The van der Waals surface area contributed by atoms with Crippen molar-refractivity contribution < 1.29 is 10.3 Å². The molecule has 56 valence electrons. The lowest BCUT2D eigenvalue weighted by Crippen LogP contribution is -2.12. The van der Waals surface area contributed by atoms with Crippen LogP contribution in [0.25, 0.3) is 0 Å². The SMILES string of the molecule is [2H]C1([2H])CC(=O)C([2H])([2H])c2ccccc21. The maximum atomic E-state index is 11.5. The molecule has 0 saturated heterocycles. The van der Waals surface area contributed by atoms with E-state index in [4.69, 9.17) is 5.48 Å². The number of carbonyl (C=O) groups excluding carboxylic acids is 1. The van der Waals surface area contributed by atoms with Crippen molar-refractivity contribution in [3.05, 3.63) is 35.4 Å². The predicted molar refractivity (Wildman–Crippen MR) is 43.5 cm³/mol. The maximum absolute atomic E-state index is 11.5. The predicted octanol–water partition coefficient (Wildman–Crippen LogP) is 1.74. The van der Waals surface area contributed by atoms with E-state index in [0.29, 0.717) is 0 Å². The molecule has 0 aromatic heterocycles. The van der Waals surface area contributed by atoms with Crippen LogP contribution in [-0.4, -0.2) is 5.78 Å². The molecule has 2 rings (SSSR count). The highest BCUT2D eigenvalue weighted by atomic mass is 16.1. The summed E-state index contributed by atoms with van der Waals surface area (Å²) < 4.78 is 30.7. The maximum Gasteiger partial charge on any atom is 0.137 e. The van der Waals surface area contributed by atoms with Gasteiger partial charge in [0.1, 0.15) is 5.78 Å². The summed E-state index contributed by atoms with van der Waals surface area (Å²) >= 11 is 0. The van der Waals surface area contributed by atoms with Gasteiger partial charge in [0.2, 0.25) is 0 Å². The van der Waals surface area contributed by atoms with Crippen LogP contribution >= 0.6 is 0 Å². The van der Waals surface area contributed by atoms with E-state index in [-0.39, 0.29) is 11.1 Å². The number of benzene rings is 1. The topological polar surface area (TPSA) is 17.1 Å². The molecule has 0 amide bonds. The molecule has 0 saturated carbocycles. The van der Waals surface area contributed by atoms with E-state index in [1.54, 1.807) is 18.2 Å². The van der Waals surface area contributed by atoms with Gasteiger partial charge in [-0.05, 0) is 17.5 Å². The van der Waals surface area contributed by atoms with Gasteiger partial charge in [0, 0.05) is 18.3 Å². The second-order valence-corrected chi connectivity index (χ2v) is 2.45. The van der Waals surface area contributed by atoms with Gasteiger partial charge in [0.15, 0.2) is 0 Å². The van der Waals surface area contributed by atoms with Gasteiger partial charge in [-0.25, -0.2) is 0 Å². The van der Waals surface area contributed by atoms with Gasteiger partial charge in [0.05, 0.1) is 0 Å². The molecule has 0 bridgehead atoms. The summed E-state index contributed by atoms with van der Waals surface area (Å²) in [6, 6.07) is 6.29. The molecule has 0 heterocycles. The minimum atomic E-state index is -2.05. The molecule has 1 heteroatoms. The number of Topliss-reactive ketones (excluding diaryl/α,β-unsaturated/α-hetero) is 1. The summed E-state index contributed by atoms with van der Waals surface area (Å²) in [6.07, 6.45) is -4.20. The summed E-state index contributed by atoms with van der Waals surface area (Å²) in [6.45, 7) is 0. The van der Waals surface area contributed by atoms with E-state index in [2.05, 4.69) is 0 Å². The Bertz CT molecular complexity index is 425. The molecule has 0 radical (unpaired) electrons. The molecule has 0 spiro atoms. The van der Waals surface area contributed by atoms with E-state index < -0.39 is 24.9 Å². The first-order valence-electron chi connectivity index (χ1n) is 5.49. The van der Waals surface area contributed by atoms with E-state index in [1.807, 2.05) is 0 Å². The molecule has 1 aromatic carbocycles. The number of carbonyl (C=O) groups is 1. The van der Waals surface area contributed by atoms with Crippen molar-refractivity contribution in [1.29, 1.82) is 0 Å². The summed E-state index contributed by atoms with van der Waals surface area (Å²) in [5.74, 6) is -0.689. The number of hydrogen-bond acceptors (Lipinski definition) is 1. The number of rotatable bonds is 0. The number of fused-ring (bicyclic) bond motifs is 1. The molecule has 1 nitrogen and oxygen atoms in total. The van der Waals surface area contributed by atoms with Gasteiger partial charge in [-0.15, -0.1) is 0 Å². The van der Waals surface area contributed by atoms with Crippen molar-refractivity contribution in [3.63, 3.8) is 0 Å². The van der Waals surface area contributed by atoms with Gasteiger partial charge in [-0.1, -0.05) is 24.3 Å². The minimum absolute atomic E-state index is 0.159. The highest BCUT2D eigenvalue weighted by molar-refractivity contribution is 5.83. The monoisotopic (exact) mass is 150 g/mol. The van der Waals surface area contributed by atoms with E-state index in [1.165, 1.54) is 6.07 Å². The molecule has 0 unspecified atom stereocenters. The van der Waals surface area contributed by atoms with E-state index in [9.17, 15) is 4.79 Å². The average molecular weight is 150 g/mol. The summed E-state index contributed by atoms with van der Waals surface area (Å²) in [5.41, 5.74) is 0.445. The number of hydrogen-bond donors (Lipinski definition) is 0. The Morgan fingerprint density at radius 3 is 2.82 bits per heavy atom. The summed E-state index contributed by atoms with van der Waals surface area (Å²) in [4.78, 5) is 11.5. The second kappa shape index (κ2) is 2.50. The lowest BCUT2D eigenvalue weighted by molar-refractivity contribution is -0.118. The van der Waals surface area contributed by atoms with Crippen LogP contribution in [0, 0.1) is 0 Å². The van der Waals surface area contributed by atoms with Gasteiger partial charge in [0.25, 0.3) is 0 Å². The van der Waals surface area contributed by atoms with Crippen LogP contribution in [0.4, 0.5) is 0 Å². The second-order valence-electron chi connectivity index (χ2n) is 2.45. The molecule has 0 fully saturated rings. The van der Waals surface area contributed by atoms with E-state index in [0.717, 1.165) is 0 Å². The van der Waals surface area contributed by atoms with Crippen LogP contribution in [-0.2, 0) is 17.5 Å². The first-order valence-corrected chi connectivity index (χ1v) is 3.49. The summed E-state index contributed by atoms with van der Waals surface area (Å²) in [7, 11) is 0. The fourth-order valence-corrected chi connectivity index (χ4v) is 1.12. The average Bonchev–Trinajstić information content (AvgIpc) is 2.15. The van der Waals surface area contributed by atoms with Gasteiger partial charge in [-0.2, -0.15) is 0 Å². The smallest absolute Gasteiger partial charge is 0.137 e. The molecule has 1 aliphatic rings. The largest absolute Gasteiger partial charge is 0.299 e. The zero-order chi connectivity index (χ0) is 11.3. The Hall–Kier alpha value is -1.11. The number of aryl methyl sites for hydroxylation is 1. The molecule has 1 aromatic rings. The highest BCUT2D eigenvalue weighted by Crippen LogP contribution is 2.17. The quantitative estimate of drug-likeness (QED) is 0.550. The van der Waals surface area contributed by atoms with Crippen molar-refractivity contribution >= 4 is 5.78 Å². The molecule has 0 aliphatic heterocycles. The van der Waals surface area contributed by atoms with Crippen LogP contribution in [0.2, 0.25) is 0 Å². The van der Waals surface area contributed by atoms with Crippen molar-refractivity contribution in [2.75, 3.05) is 0 Å². The van der Waals surface area contributed by atoms with Gasteiger partial charge in [-0.3, -0.25) is 4.79 Å². The zero-order valence-corrected chi connectivity index (χ0v) is 5.92. The van der Waals surface area contributed by atoms with Crippen molar-refractivity contribution in [2.45, 2.75) is 19.2 Å². The molecular weight excluding hydrogens is 136 g/mol. The van der Waals surface area contributed by atoms with Crippen LogP contribution in [0.1, 0.15) is 23.0 Å². The van der Waals surface area contributed by atoms with E-state index >= 15 is 0 Å². The standard InChI is InChI=1S/C10H10O/c11-10-6-5-8-3-1-2-4-9(8)7-10/h1-4H,5-7H2/i5D2,7D2. The molecule has 1 aliphatic carbocycles. The Labute approximate surface area is 71.7 Å². The van der Waals surface area contributed by atoms with Crippen molar-refractivity contribution in [1.82, 2.24) is 0 Å². The van der Waals surface area contributed by atoms with Gasteiger partial charge >= 0.3 is 0 Å². The third kappa shape index (κ3) is 1.18. The first kappa shape index (κ1) is 3.53. The summed E-state index contributed by atoms with van der Waals surface area (Å²) in [5, 5.41) is 0. The third-order valence-corrected chi connectivity index (χ3v) is 1.64. The Morgan fingerprint density at radius 1 is 1.27 bits per heavy atom. The van der Waals surface area contributed by atoms with Crippen LogP contribution in [0.15, 0.2) is 24.3 Å². The fourth-order valence-electron chi connectivity index (χ4n) is 1.12. The highest BCUT2D eigenvalue weighted by Gasteiger charge is 2.13. The van der Waals surface area contributed by atoms with Crippen LogP contribution in [0.3, 0.4) is 0 Å². The van der Waals surface area contributed by atoms with Crippen molar-refractivity contribution in [3.8, 4) is 0 Å². The Balaban J connectivity index is 2.70. The van der Waals surface area contributed by atoms with Gasteiger partial charge < -0.3 is 0 Å². The van der Waals surface area contributed by atoms with Crippen molar-refractivity contribution in [2.24, 2.45) is 0 Å². The lowest BCUT2D eigenvalue weighted by Gasteiger charge is -2.13. The zero-order valence-electron chi connectivity index (χ0n) is 9.92. The third-order valence-electron chi connectivity index (χ3n) is 1.64. The molecular formula is C10H10O. The molecule has 0 atom stereocenters. The molecule has 0 N–H and O–H groups in total.